The van der Waals surface area contributed by atoms with Crippen LogP contribution in [0.15, 0.2) is 35.0 Å². The summed E-state index contributed by atoms with van der Waals surface area (Å²) >= 11 is 0. The highest BCUT2D eigenvalue weighted by Gasteiger charge is 2.39. The molecule has 1 aromatic heterocycles. The minimum absolute atomic E-state index is 0.0665. The second kappa shape index (κ2) is 4.44. The Morgan fingerprint density at radius 3 is 2.57 bits per heavy atom. The van der Waals surface area contributed by atoms with Crippen molar-refractivity contribution < 1.29 is 27.3 Å². The summed E-state index contributed by atoms with van der Waals surface area (Å²) in [6, 6.07) is 4.13. The number of hydrogen-bond donors (Lipinski definition) is 0. The predicted molar refractivity (Wildman–Crippen MR) is 63.5 cm³/mol. The smallest absolute Gasteiger partial charge is 0.359 e. The fourth-order valence-electron chi connectivity index (χ4n) is 2.11. The number of aromatic nitrogens is 1. The van der Waals surface area contributed by atoms with Gasteiger partial charge in [-0.15, -0.1) is 0 Å². The molecule has 21 heavy (non-hydrogen) atoms. The summed E-state index contributed by atoms with van der Waals surface area (Å²) in [7, 11) is 0. The van der Waals surface area contributed by atoms with Crippen LogP contribution in [0.2, 0.25) is 0 Å². The number of rotatable bonds is 2. The quantitative estimate of drug-likeness (QED) is 0.798. The largest absolute Gasteiger partial charge is 0.416 e. The van der Waals surface area contributed by atoms with E-state index in [0.29, 0.717) is 11.8 Å². The Bertz CT molecular complexity index is 723. The molecule has 0 N–H and O–H groups in total. The minimum Gasteiger partial charge on any atom is -0.359 e. The zero-order valence-electron chi connectivity index (χ0n) is 10.3. The molecule has 0 aliphatic carbocycles. The first-order valence-corrected chi connectivity index (χ1v) is 5.85. The average molecular weight is 296 g/mol. The van der Waals surface area contributed by atoms with E-state index in [1.807, 2.05) is 0 Å². The zero-order chi connectivity index (χ0) is 15.2. The second-order valence-corrected chi connectivity index (χ2v) is 4.43. The number of halogens is 3. The molecule has 8 heteroatoms. The minimum atomic E-state index is -4.57. The molecule has 1 aliphatic heterocycles. The van der Waals surface area contributed by atoms with Gasteiger partial charge in [-0.1, -0.05) is 5.16 Å². The van der Waals surface area contributed by atoms with Gasteiger partial charge in [0.1, 0.15) is 0 Å². The lowest BCUT2D eigenvalue weighted by atomic mass is 10.1. The van der Waals surface area contributed by atoms with Gasteiger partial charge in [0.15, 0.2) is 5.76 Å². The Labute approximate surface area is 115 Å². The van der Waals surface area contributed by atoms with Crippen molar-refractivity contribution in [2.45, 2.75) is 12.7 Å². The van der Waals surface area contributed by atoms with Crippen molar-refractivity contribution >= 4 is 17.4 Å². The normalized spacial score (nSPS) is 14.7. The molecule has 1 aliphatic rings. The monoisotopic (exact) mass is 296 g/mol. The summed E-state index contributed by atoms with van der Waals surface area (Å²) in [6.45, 7) is -0.0665. The van der Waals surface area contributed by atoms with Gasteiger partial charge < -0.3 is 4.52 Å². The van der Waals surface area contributed by atoms with E-state index in [1.165, 1.54) is 12.3 Å². The molecule has 0 unspecified atom stereocenters. The van der Waals surface area contributed by atoms with Gasteiger partial charge in [0.2, 0.25) is 0 Å². The van der Waals surface area contributed by atoms with E-state index >= 15 is 0 Å². The molecule has 0 saturated heterocycles. The van der Waals surface area contributed by atoms with Crippen LogP contribution in [-0.4, -0.2) is 16.8 Å². The third-order valence-corrected chi connectivity index (χ3v) is 3.10. The van der Waals surface area contributed by atoms with Gasteiger partial charge in [0, 0.05) is 6.07 Å². The molecular weight excluding hydrogens is 289 g/mol. The fraction of sp³-hybridized carbons (Fsp3) is 0.154. The summed E-state index contributed by atoms with van der Waals surface area (Å²) in [4.78, 5) is 24.8. The van der Waals surface area contributed by atoms with Crippen LogP contribution in [0.1, 0.15) is 21.7 Å². The van der Waals surface area contributed by atoms with E-state index in [1.54, 1.807) is 0 Å². The van der Waals surface area contributed by atoms with Crippen LogP contribution >= 0.6 is 0 Å². The van der Waals surface area contributed by atoms with Crippen molar-refractivity contribution in [1.29, 1.82) is 0 Å². The number of amides is 1. The van der Waals surface area contributed by atoms with E-state index in [-0.39, 0.29) is 17.8 Å². The summed E-state index contributed by atoms with van der Waals surface area (Å²) in [5, 5.41) is 3.46. The summed E-state index contributed by atoms with van der Waals surface area (Å²) in [6.07, 6.45) is -3.21. The highest BCUT2D eigenvalue weighted by molar-refractivity contribution is 6.52. The van der Waals surface area contributed by atoms with Crippen molar-refractivity contribution in [2.75, 3.05) is 4.90 Å². The van der Waals surface area contributed by atoms with Gasteiger partial charge in [0.25, 0.3) is 11.7 Å². The maximum atomic E-state index is 12.6. The van der Waals surface area contributed by atoms with Crippen LogP contribution < -0.4 is 4.90 Å². The molecule has 5 nitrogen and oxygen atoms in total. The molecular formula is C13H7F3N2O3. The number of benzene rings is 1. The van der Waals surface area contributed by atoms with Crippen LogP contribution in [0.25, 0.3) is 0 Å². The number of Topliss-reactive ketones (excluding diaryl/α,β-unsaturated/α-hetero) is 1. The van der Waals surface area contributed by atoms with Crippen molar-refractivity contribution in [1.82, 2.24) is 5.16 Å². The summed E-state index contributed by atoms with van der Waals surface area (Å²) in [5.41, 5.74) is -1.09. The molecule has 2 aromatic rings. The molecule has 108 valence electrons. The number of anilines is 1. The second-order valence-electron chi connectivity index (χ2n) is 4.43. The Kier molecular flexibility index (Phi) is 2.82. The van der Waals surface area contributed by atoms with Gasteiger partial charge in [-0.25, -0.2) is 0 Å². The molecule has 0 bridgehead atoms. The highest BCUT2D eigenvalue weighted by Crippen LogP contribution is 2.36. The number of nitrogens with zero attached hydrogens (tertiary/aromatic N) is 2. The van der Waals surface area contributed by atoms with E-state index in [2.05, 4.69) is 5.16 Å². The SMILES string of the molecule is O=C1C(=O)N(Cc2ccno2)c2ccc(C(F)(F)F)cc21. The van der Waals surface area contributed by atoms with E-state index in [0.717, 1.165) is 17.0 Å². The standard InChI is InChI=1S/C13H7F3N2O3/c14-13(15,16)7-1-2-10-9(5-7)11(19)12(20)18(10)6-8-3-4-17-21-8/h1-5H,6H2. The Morgan fingerprint density at radius 2 is 1.95 bits per heavy atom. The number of carbonyl (C=O) groups is 2. The first-order chi connectivity index (χ1) is 9.88. The van der Waals surface area contributed by atoms with Gasteiger partial charge in [0.05, 0.1) is 29.6 Å². The average Bonchev–Trinajstić information content (AvgIpc) is 3.01. The maximum Gasteiger partial charge on any atom is 0.416 e. The molecule has 0 saturated carbocycles. The third kappa shape index (κ3) is 2.18. The first-order valence-electron chi connectivity index (χ1n) is 5.85. The number of hydrogen-bond acceptors (Lipinski definition) is 4. The van der Waals surface area contributed by atoms with Crippen molar-refractivity contribution in [2.24, 2.45) is 0 Å². The van der Waals surface area contributed by atoms with Crippen LogP contribution in [0.4, 0.5) is 18.9 Å². The fourth-order valence-corrected chi connectivity index (χ4v) is 2.11. The highest BCUT2D eigenvalue weighted by atomic mass is 19.4. The Morgan fingerprint density at radius 1 is 1.19 bits per heavy atom. The lowest BCUT2D eigenvalue weighted by Crippen LogP contribution is -2.28. The number of fused-ring (bicyclic) bond motifs is 1. The van der Waals surface area contributed by atoms with Gasteiger partial charge >= 0.3 is 6.18 Å². The van der Waals surface area contributed by atoms with Gasteiger partial charge in [-0.3, -0.25) is 14.5 Å². The molecule has 0 fully saturated rings. The van der Waals surface area contributed by atoms with Crippen LogP contribution in [0.3, 0.4) is 0 Å². The molecule has 1 aromatic carbocycles. The molecule has 1 amide bonds. The lowest BCUT2D eigenvalue weighted by Gasteiger charge is -2.15. The molecule has 2 heterocycles. The zero-order valence-corrected chi connectivity index (χ0v) is 10.3. The van der Waals surface area contributed by atoms with Crippen LogP contribution in [0.5, 0.6) is 0 Å². The van der Waals surface area contributed by atoms with Crippen molar-refractivity contribution in [3.8, 4) is 0 Å². The van der Waals surface area contributed by atoms with E-state index in [9.17, 15) is 22.8 Å². The van der Waals surface area contributed by atoms with E-state index < -0.39 is 23.4 Å². The Hall–Kier alpha value is -2.64. The number of alkyl halides is 3. The molecule has 0 spiro atoms. The number of ketones is 1. The topological polar surface area (TPSA) is 63.4 Å². The van der Waals surface area contributed by atoms with Gasteiger partial charge in [-0.2, -0.15) is 13.2 Å². The first kappa shape index (κ1) is 13.3. The number of carbonyl (C=O) groups excluding carboxylic acids is 2. The third-order valence-electron chi connectivity index (χ3n) is 3.10. The molecule has 0 radical (unpaired) electrons. The Balaban J connectivity index is 2.01. The maximum absolute atomic E-state index is 12.6. The summed E-state index contributed by atoms with van der Waals surface area (Å²) in [5.74, 6) is -1.53. The predicted octanol–water partition coefficient (Wildman–Crippen LogP) is 2.42. The van der Waals surface area contributed by atoms with Crippen LogP contribution in [-0.2, 0) is 17.5 Å². The molecule has 3 rings (SSSR count). The van der Waals surface area contributed by atoms with Crippen LogP contribution in [0, 0.1) is 0 Å². The van der Waals surface area contributed by atoms with Gasteiger partial charge in [-0.05, 0) is 18.2 Å². The van der Waals surface area contributed by atoms with E-state index in [4.69, 9.17) is 4.52 Å². The van der Waals surface area contributed by atoms with Crippen molar-refractivity contribution in [3.05, 3.63) is 47.3 Å². The summed E-state index contributed by atoms with van der Waals surface area (Å²) < 4.78 is 42.8. The van der Waals surface area contributed by atoms with Crippen molar-refractivity contribution in [3.63, 3.8) is 0 Å². The molecule has 0 atom stereocenters. The lowest BCUT2D eigenvalue weighted by molar-refractivity contribution is -0.137.